The summed E-state index contributed by atoms with van der Waals surface area (Å²) in [6.45, 7) is 7.39. The number of benzene rings is 1. The Hall–Kier alpha value is -1.93. The SMILES string of the molecule is CC(C(=O)OC(C)(C)C)N(C)Cc1ccc(C#N)cc1F. The molecule has 1 rings (SSSR count). The van der Waals surface area contributed by atoms with E-state index in [1.165, 1.54) is 6.07 Å². The second-order valence-corrected chi connectivity index (χ2v) is 6.04. The number of nitrogens with zero attached hydrogens (tertiary/aromatic N) is 2. The topological polar surface area (TPSA) is 53.3 Å². The van der Waals surface area contributed by atoms with E-state index in [9.17, 15) is 9.18 Å². The first-order valence-corrected chi connectivity index (χ1v) is 6.75. The highest BCUT2D eigenvalue weighted by molar-refractivity contribution is 5.75. The molecule has 0 aromatic heterocycles. The van der Waals surface area contributed by atoms with Crippen LogP contribution in [-0.2, 0) is 16.1 Å². The number of halogens is 1. The van der Waals surface area contributed by atoms with Gasteiger partial charge in [0.05, 0.1) is 11.6 Å². The molecule has 0 radical (unpaired) electrons. The molecule has 4 nitrogen and oxygen atoms in total. The van der Waals surface area contributed by atoms with E-state index in [-0.39, 0.29) is 18.1 Å². The molecule has 0 fully saturated rings. The molecule has 1 unspecified atom stereocenters. The van der Waals surface area contributed by atoms with E-state index in [1.54, 1.807) is 51.8 Å². The summed E-state index contributed by atoms with van der Waals surface area (Å²) < 4.78 is 19.1. The van der Waals surface area contributed by atoms with Crippen molar-refractivity contribution >= 4 is 5.97 Å². The van der Waals surface area contributed by atoms with Crippen molar-refractivity contribution in [3.63, 3.8) is 0 Å². The lowest BCUT2D eigenvalue weighted by Crippen LogP contribution is -2.40. The quantitative estimate of drug-likeness (QED) is 0.801. The number of hydrogen-bond acceptors (Lipinski definition) is 4. The Morgan fingerprint density at radius 3 is 2.57 bits per heavy atom. The zero-order valence-electron chi connectivity index (χ0n) is 13.1. The molecule has 1 aromatic rings. The molecule has 1 atom stereocenters. The minimum absolute atomic E-state index is 0.262. The molecule has 0 aliphatic carbocycles. The van der Waals surface area contributed by atoms with Gasteiger partial charge in [-0.3, -0.25) is 9.69 Å². The standard InChI is InChI=1S/C16H21FN2O2/c1-11(15(20)21-16(2,3)4)19(5)10-13-7-6-12(9-18)8-14(13)17/h6-8,11H,10H2,1-5H3. The van der Waals surface area contributed by atoms with Crippen molar-refractivity contribution in [1.29, 1.82) is 5.26 Å². The van der Waals surface area contributed by atoms with Gasteiger partial charge in [-0.2, -0.15) is 5.26 Å². The third-order valence-corrected chi connectivity index (χ3v) is 3.01. The van der Waals surface area contributed by atoms with Crippen LogP contribution in [-0.4, -0.2) is 29.6 Å². The summed E-state index contributed by atoms with van der Waals surface area (Å²) in [5.74, 6) is -0.795. The van der Waals surface area contributed by atoms with Crippen LogP contribution in [0.25, 0.3) is 0 Å². The van der Waals surface area contributed by atoms with Crippen LogP contribution in [0, 0.1) is 17.1 Å². The fourth-order valence-electron chi connectivity index (χ4n) is 1.72. The predicted octanol–water partition coefficient (Wildman–Crippen LogP) is 2.86. The monoisotopic (exact) mass is 292 g/mol. The van der Waals surface area contributed by atoms with Crippen molar-refractivity contribution < 1.29 is 13.9 Å². The molecular formula is C16H21FN2O2. The highest BCUT2D eigenvalue weighted by Gasteiger charge is 2.25. The highest BCUT2D eigenvalue weighted by atomic mass is 19.1. The first-order valence-electron chi connectivity index (χ1n) is 6.75. The fourth-order valence-corrected chi connectivity index (χ4v) is 1.72. The number of hydrogen-bond donors (Lipinski definition) is 0. The van der Waals surface area contributed by atoms with Gasteiger partial charge in [0, 0.05) is 12.1 Å². The van der Waals surface area contributed by atoms with Crippen LogP contribution in [0.15, 0.2) is 18.2 Å². The van der Waals surface area contributed by atoms with Crippen molar-refractivity contribution in [2.45, 2.75) is 45.9 Å². The number of carbonyl (C=O) groups is 1. The molecule has 0 heterocycles. The maximum Gasteiger partial charge on any atom is 0.323 e. The normalized spacial score (nSPS) is 12.9. The van der Waals surface area contributed by atoms with E-state index in [0.717, 1.165) is 0 Å². The fraction of sp³-hybridized carbons (Fsp3) is 0.500. The molecule has 0 aliphatic rings. The summed E-state index contributed by atoms with van der Waals surface area (Å²) in [7, 11) is 1.73. The van der Waals surface area contributed by atoms with Gasteiger partial charge in [-0.1, -0.05) is 6.07 Å². The van der Waals surface area contributed by atoms with E-state index in [2.05, 4.69) is 0 Å². The molecular weight excluding hydrogens is 271 g/mol. The van der Waals surface area contributed by atoms with Crippen LogP contribution >= 0.6 is 0 Å². The van der Waals surface area contributed by atoms with Gasteiger partial charge in [0.15, 0.2) is 0 Å². The van der Waals surface area contributed by atoms with Gasteiger partial charge in [0.1, 0.15) is 17.5 Å². The van der Waals surface area contributed by atoms with Crippen molar-refractivity contribution in [2.75, 3.05) is 7.05 Å². The summed E-state index contributed by atoms with van der Waals surface area (Å²) in [5, 5.41) is 8.72. The van der Waals surface area contributed by atoms with Crippen molar-refractivity contribution in [3.05, 3.63) is 35.1 Å². The van der Waals surface area contributed by atoms with E-state index >= 15 is 0 Å². The Morgan fingerprint density at radius 2 is 2.10 bits per heavy atom. The van der Waals surface area contributed by atoms with Crippen molar-refractivity contribution in [1.82, 2.24) is 4.90 Å². The number of nitriles is 1. The zero-order valence-corrected chi connectivity index (χ0v) is 13.1. The Labute approximate surface area is 125 Å². The van der Waals surface area contributed by atoms with Crippen LogP contribution in [0.2, 0.25) is 0 Å². The van der Waals surface area contributed by atoms with E-state index < -0.39 is 17.5 Å². The van der Waals surface area contributed by atoms with Crippen molar-refractivity contribution in [3.8, 4) is 6.07 Å². The second-order valence-electron chi connectivity index (χ2n) is 6.04. The average Bonchev–Trinajstić information content (AvgIpc) is 2.38. The average molecular weight is 292 g/mol. The van der Waals surface area contributed by atoms with Gasteiger partial charge in [-0.05, 0) is 46.9 Å². The molecule has 0 saturated carbocycles. The van der Waals surface area contributed by atoms with Gasteiger partial charge in [-0.25, -0.2) is 4.39 Å². The summed E-state index contributed by atoms with van der Waals surface area (Å²) in [5.41, 5.74) is 0.164. The van der Waals surface area contributed by atoms with E-state index in [0.29, 0.717) is 5.56 Å². The first kappa shape index (κ1) is 17.1. The Kier molecular flexibility index (Phi) is 5.45. The van der Waals surface area contributed by atoms with Gasteiger partial charge in [0.25, 0.3) is 0 Å². The van der Waals surface area contributed by atoms with Crippen LogP contribution in [0.3, 0.4) is 0 Å². The predicted molar refractivity (Wildman–Crippen MR) is 77.9 cm³/mol. The molecule has 0 bridgehead atoms. The minimum Gasteiger partial charge on any atom is -0.459 e. The van der Waals surface area contributed by atoms with Gasteiger partial charge >= 0.3 is 5.97 Å². The number of likely N-dealkylation sites (N-methyl/N-ethyl adjacent to an activating group) is 1. The zero-order chi connectivity index (χ0) is 16.2. The lowest BCUT2D eigenvalue weighted by molar-refractivity contribution is -0.160. The molecule has 0 N–H and O–H groups in total. The van der Waals surface area contributed by atoms with Gasteiger partial charge < -0.3 is 4.74 Å². The third-order valence-electron chi connectivity index (χ3n) is 3.01. The summed E-state index contributed by atoms with van der Waals surface area (Å²) in [6, 6.07) is 5.72. The molecule has 0 aliphatic heterocycles. The molecule has 0 saturated heterocycles. The second kappa shape index (κ2) is 6.68. The molecule has 1 aromatic carbocycles. The lowest BCUT2D eigenvalue weighted by atomic mass is 10.1. The third kappa shape index (κ3) is 5.16. The van der Waals surface area contributed by atoms with Crippen LogP contribution in [0.5, 0.6) is 0 Å². The maximum absolute atomic E-state index is 13.8. The molecule has 0 spiro atoms. The Balaban J connectivity index is 2.75. The van der Waals surface area contributed by atoms with E-state index in [1.807, 2.05) is 6.07 Å². The van der Waals surface area contributed by atoms with Crippen LogP contribution < -0.4 is 0 Å². The maximum atomic E-state index is 13.8. The van der Waals surface area contributed by atoms with Crippen molar-refractivity contribution in [2.24, 2.45) is 0 Å². The summed E-state index contributed by atoms with van der Waals surface area (Å²) >= 11 is 0. The molecule has 5 heteroatoms. The summed E-state index contributed by atoms with van der Waals surface area (Å²) in [4.78, 5) is 13.7. The van der Waals surface area contributed by atoms with Gasteiger partial charge in [0.2, 0.25) is 0 Å². The van der Waals surface area contributed by atoms with Crippen LogP contribution in [0.1, 0.15) is 38.8 Å². The lowest BCUT2D eigenvalue weighted by Gasteiger charge is -2.27. The number of esters is 1. The molecule has 21 heavy (non-hydrogen) atoms. The molecule has 114 valence electrons. The largest absolute Gasteiger partial charge is 0.459 e. The van der Waals surface area contributed by atoms with E-state index in [4.69, 9.17) is 10.00 Å². The highest BCUT2D eigenvalue weighted by Crippen LogP contribution is 2.15. The Morgan fingerprint density at radius 1 is 1.48 bits per heavy atom. The minimum atomic E-state index is -0.550. The van der Waals surface area contributed by atoms with Crippen LogP contribution in [0.4, 0.5) is 4.39 Å². The number of carbonyl (C=O) groups excluding carboxylic acids is 1. The Bertz CT molecular complexity index is 558. The first-order chi connectivity index (χ1) is 9.64. The summed E-state index contributed by atoms with van der Waals surface area (Å²) in [6.07, 6.45) is 0. The van der Waals surface area contributed by atoms with Gasteiger partial charge in [-0.15, -0.1) is 0 Å². The molecule has 0 amide bonds. The number of ether oxygens (including phenoxy) is 1. The smallest absolute Gasteiger partial charge is 0.323 e. The number of rotatable bonds is 4.